The van der Waals surface area contributed by atoms with E-state index in [2.05, 4.69) is 47.5 Å². The zero-order chi connectivity index (χ0) is 24.1. The molecule has 2 aromatic carbocycles. The maximum Gasteiger partial charge on any atom is 0.255 e. The Hall–Kier alpha value is -3.20. The number of likely N-dealkylation sites (tertiary alicyclic amines) is 1. The Morgan fingerprint density at radius 1 is 1.00 bits per heavy atom. The zero-order valence-corrected chi connectivity index (χ0v) is 21.0. The average molecular weight is 475 g/mol. The van der Waals surface area contributed by atoms with Gasteiger partial charge in [0, 0.05) is 25.5 Å². The van der Waals surface area contributed by atoms with Gasteiger partial charge in [-0.05, 0) is 108 Å². The number of piperidine rings is 1. The topological polar surface area (TPSA) is 33.2 Å². The van der Waals surface area contributed by atoms with Crippen LogP contribution in [0.2, 0.25) is 0 Å². The van der Waals surface area contributed by atoms with Gasteiger partial charge in [-0.2, -0.15) is 0 Å². The molecular formula is C33H34N2O. The third-order valence-electron chi connectivity index (χ3n) is 9.41. The van der Waals surface area contributed by atoms with Gasteiger partial charge in [0.2, 0.25) is 0 Å². The van der Waals surface area contributed by atoms with E-state index in [0.717, 1.165) is 37.8 Å². The fourth-order valence-electron chi connectivity index (χ4n) is 7.19. The molecule has 0 spiro atoms. The molecule has 3 aliphatic carbocycles. The lowest BCUT2D eigenvalue weighted by Gasteiger charge is -2.41. The van der Waals surface area contributed by atoms with Gasteiger partial charge < -0.3 is 4.90 Å². The van der Waals surface area contributed by atoms with Crippen molar-refractivity contribution >= 4 is 22.3 Å². The normalized spacial score (nSPS) is 22.3. The van der Waals surface area contributed by atoms with Crippen LogP contribution in [-0.4, -0.2) is 28.9 Å². The highest BCUT2D eigenvalue weighted by Gasteiger charge is 2.36. The van der Waals surface area contributed by atoms with Crippen molar-refractivity contribution < 1.29 is 4.79 Å². The number of pyridine rings is 1. The third-order valence-corrected chi connectivity index (χ3v) is 9.41. The molecule has 1 aromatic heterocycles. The third kappa shape index (κ3) is 3.72. The van der Waals surface area contributed by atoms with Crippen molar-refractivity contribution in [3.8, 4) is 0 Å². The first kappa shape index (κ1) is 22.0. The Bertz CT molecular complexity index is 1370. The summed E-state index contributed by atoms with van der Waals surface area (Å²) in [5, 5.41) is 2.84. The number of hydrogen-bond acceptors (Lipinski definition) is 2. The summed E-state index contributed by atoms with van der Waals surface area (Å²) in [5.41, 5.74) is 8.48. The van der Waals surface area contributed by atoms with Crippen LogP contribution in [0, 0.1) is 11.8 Å². The summed E-state index contributed by atoms with van der Waals surface area (Å²) < 4.78 is 0. The molecule has 2 fully saturated rings. The van der Waals surface area contributed by atoms with Crippen molar-refractivity contribution in [2.45, 2.75) is 57.3 Å². The summed E-state index contributed by atoms with van der Waals surface area (Å²) in [4.78, 5) is 18.9. The highest BCUT2D eigenvalue weighted by atomic mass is 16.2. The fraction of sp³-hybridized carbons (Fsp3) is 0.394. The lowest BCUT2D eigenvalue weighted by Crippen LogP contribution is -2.37. The quantitative estimate of drug-likeness (QED) is 0.398. The van der Waals surface area contributed by atoms with Gasteiger partial charge in [0.1, 0.15) is 0 Å². The van der Waals surface area contributed by atoms with E-state index in [4.69, 9.17) is 0 Å². The Kier molecular flexibility index (Phi) is 5.53. The summed E-state index contributed by atoms with van der Waals surface area (Å²) in [6.45, 7) is 1.62. The number of rotatable bonds is 3. The zero-order valence-electron chi connectivity index (χ0n) is 21.0. The number of benzene rings is 2. The molecule has 36 heavy (non-hydrogen) atoms. The molecule has 0 bridgehead atoms. The van der Waals surface area contributed by atoms with Crippen molar-refractivity contribution in [2.75, 3.05) is 13.1 Å². The van der Waals surface area contributed by atoms with Crippen LogP contribution >= 0.6 is 0 Å². The highest BCUT2D eigenvalue weighted by Crippen LogP contribution is 2.49. The van der Waals surface area contributed by atoms with E-state index in [0.29, 0.717) is 11.5 Å². The van der Waals surface area contributed by atoms with Gasteiger partial charge in [0.05, 0.1) is 5.56 Å². The SMILES string of the molecule is O=C(c1cccnc1)N1CCC(c2ccc3c4c(ccc3c2)C2=C(CCC=C2)C(C2CCC2)C4)CC1. The molecule has 4 aliphatic rings. The van der Waals surface area contributed by atoms with Crippen molar-refractivity contribution in [2.24, 2.45) is 11.8 Å². The minimum absolute atomic E-state index is 0.109. The Morgan fingerprint density at radius 2 is 1.89 bits per heavy atom. The van der Waals surface area contributed by atoms with Crippen molar-refractivity contribution in [1.29, 1.82) is 0 Å². The monoisotopic (exact) mass is 474 g/mol. The lowest BCUT2D eigenvalue weighted by molar-refractivity contribution is 0.0712. The number of aromatic nitrogens is 1. The first-order valence-electron chi connectivity index (χ1n) is 13.9. The number of carbonyl (C=O) groups excluding carboxylic acids is 1. The molecule has 1 atom stereocenters. The maximum absolute atomic E-state index is 12.8. The predicted octanol–water partition coefficient (Wildman–Crippen LogP) is 7.33. The molecule has 1 unspecified atom stereocenters. The molecule has 3 aromatic rings. The van der Waals surface area contributed by atoms with E-state index in [1.165, 1.54) is 66.0 Å². The first-order valence-corrected chi connectivity index (χ1v) is 13.9. The number of carbonyl (C=O) groups is 1. The molecule has 1 aliphatic heterocycles. The molecule has 1 amide bonds. The lowest BCUT2D eigenvalue weighted by atomic mass is 9.64. The molecule has 1 saturated heterocycles. The predicted molar refractivity (Wildman–Crippen MR) is 146 cm³/mol. The standard InChI is InChI=1S/C33H34N2O/c36-33(26-7-4-16-34-21-26)35-17-14-22(15-18-35)24-10-12-27-25(19-24)11-13-30-28-8-1-2-9-29(28)31(20-32(27)30)23-5-3-6-23/h1,4,7-8,10-13,16,19,21-23,31H,2-3,5-6,9,14-15,17-18,20H2. The van der Waals surface area contributed by atoms with Crippen LogP contribution in [0.1, 0.15) is 77.9 Å². The number of amides is 1. The van der Waals surface area contributed by atoms with Crippen LogP contribution in [0.4, 0.5) is 0 Å². The molecule has 1 saturated carbocycles. The Balaban J connectivity index is 1.15. The van der Waals surface area contributed by atoms with Crippen LogP contribution in [0.3, 0.4) is 0 Å². The average Bonchev–Trinajstić information content (AvgIpc) is 2.92. The first-order chi connectivity index (χ1) is 17.8. The highest BCUT2D eigenvalue weighted by molar-refractivity contribution is 5.95. The van der Waals surface area contributed by atoms with Gasteiger partial charge in [-0.1, -0.05) is 54.5 Å². The van der Waals surface area contributed by atoms with Crippen LogP contribution in [-0.2, 0) is 6.42 Å². The van der Waals surface area contributed by atoms with E-state index in [1.54, 1.807) is 23.5 Å². The van der Waals surface area contributed by atoms with E-state index in [9.17, 15) is 4.79 Å². The molecule has 0 radical (unpaired) electrons. The van der Waals surface area contributed by atoms with E-state index >= 15 is 0 Å². The Morgan fingerprint density at radius 3 is 2.67 bits per heavy atom. The van der Waals surface area contributed by atoms with Gasteiger partial charge in [-0.15, -0.1) is 0 Å². The van der Waals surface area contributed by atoms with Gasteiger partial charge in [-0.25, -0.2) is 0 Å². The molecule has 2 heterocycles. The minimum Gasteiger partial charge on any atom is -0.339 e. The van der Waals surface area contributed by atoms with Crippen LogP contribution < -0.4 is 0 Å². The number of allylic oxidation sites excluding steroid dienone is 4. The number of fused-ring (bicyclic) bond motifs is 4. The van der Waals surface area contributed by atoms with E-state index in [-0.39, 0.29) is 5.91 Å². The number of nitrogens with zero attached hydrogens (tertiary/aromatic N) is 2. The largest absolute Gasteiger partial charge is 0.339 e. The van der Waals surface area contributed by atoms with Crippen molar-refractivity contribution in [3.05, 3.63) is 94.8 Å². The molecule has 0 N–H and O–H groups in total. The molecule has 3 nitrogen and oxygen atoms in total. The van der Waals surface area contributed by atoms with Gasteiger partial charge in [0.15, 0.2) is 0 Å². The van der Waals surface area contributed by atoms with Crippen LogP contribution in [0.5, 0.6) is 0 Å². The van der Waals surface area contributed by atoms with Crippen molar-refractivity contribution in [1.82, 2.24) is 9.88 Å². The summed E-state index contributed by atoms with van der Waals surface area (Å²) in [6.07, 6.45) is 18.2. The van der Waals surface area contributed by atoms with Crippen LogP contribution in [0.25, 0.3) is 16.3 Å². The fourth-order valence-corrected chi connectivity index (χ4v) is 7.19. The smallest absolute Gasteiger partial charge is 0.255 e. The van der Waals surface area contributed by atoms with Gasteiger partial charge in [0.25, 0.3) is 5.91 Å². The van der Waals surface area contributed by atoms with Gasteiger partial charge in [-0.3, -0.25) is 9.78 Å². The molecule has 7 rings (SSSR count). The van der Waals surface area contributed by atoms with E-state index < -0.39 is 0 Å². The second kappa shape index (κ2) is 9.03. The summed E-state index contributed by atoms with van der Waals surface area (Å²) in [5.74, 6) is 2.27. The molecule has 3 heteroatoms. The summed E-state index contributed by atoms with van der Waals surface area (Å²) >= 11 is 0. The van der Waals surface area contributed by atoms with E-state index in [1.807, 2.05) is 17.0 Å². The second-order valence-corrected chi connectivity index (χ2v) is 11.3. The molecular weight excluding hydrogens is 440 g/mol. The minimum atomic E-state index is 0.109. The van der Waals surface area contributed by atoms with Crippen LogP contribution in [0.15, 0.2) is 72.6 Å². The summed E-state index contributed by atoms with van der Waals surface area (Å²) in [6, 6.07) is 15.7. The summed E-state index contributed by atoms with van der Waals surface area (Å²) in [7, 11) is 0. The second-order valence-electron chi connectivity index (χ2n) is 11.3. The Labute approximate surface area is 213 Å². The molecule has 182 valence electrons. The number of hydrogen-bond donors (Lipinski definition) is 0. The van der Waals surface area contributed by atoms with Gasteiger partial charge >= 0.3 is 0 Å². The van der Waals surface area contributed by atoms with Crippen molar-refractivity contribution in [3.63, 3.8) is 0 Å². The maximum atomic E-state index is 12.8.